The van der Waals surface area contributed by atoms with E-state index in [0.717, 1.165) is 30.2 Å². The van der Waals surface area contributed by atoms with Crippen molar-refractivity contribution in [1.29, 1.82) is 0 Å². The number of ether oxygens (including phenoxy) is 3. The van der Waals surface area contributed by atoms with E-state index < -0.39 is 0 Å². The summed E-state index contributed by atoms with van der Waals surface area (Å²) in [6, 6.07) is 6.22. The lowest BCUT2D eigenvalue weighted by Crippen LogP contribution is -2.42. The summed E-state index contributed by atoms with van der Waals surface area (Å²) in [6.45, 7) is 8.21. The first kappa shape index (κ1) is 24.2. The van der Waals surface area contributed by atoms with E-state index in [9.17, 15) is 0 Å². The molecule has 0 aliphatic carbocycles. The molecule has 0 aliphatic rings. The van der Waals surface area contributed by atoms with Crippen LogP contribution in [-0.4, -0.2) is 78.1 Å². The fraction of sp³-hybridized carbons (Fsp3) is 0.667. The van der Waals surface area contributed by atoms with Gasteiger partial charge in [0.05, 0.1) is 12.7 Å². The van der Waals surface area contributed by atoms with Gasteiger partial charge in [0.15, 0.2) is 5.96 Å². The van der Waals surface area contributed by atoms with Gasteiger partial charge in [-0.25, -0.2) is 0 Å². The molecule has 1 rings (SSSR count). The predicted octanol–water partition coefficient (Wildman–Crippen LogP) is 2.04. The van der Waals surface area contributed by atoms with Gasteiger partial charge in [-0.3, -0.25) is 4.99 Å². The van der Waals surface area contributed by atoms with Crippen molar-refractivity contribution >= 4 is 5.96 Å². The number of guanidine groups is 1. The number of hydrogen-bond acceptors (Lipinski definition) is 5. The van der Waals surface area contributed by atoms with E-state index in [1.807, 2.05) is 6.92 Å². The summed E-state index contributed by atoms with van der Waals surface area (Å²) in [4.78, 5) is 6.49. The average molecular weight is 395 g/mol. The number of aryl methyl sites for hydroxylation is 1. The zero-order valence-electron chi connectivity index (χ0n) is 18.4. The average Bonchev–Trinajstić information content (AvgIpc) is 2.67. The molecule has 1 unspecified atom stereocenters. The molecular weight excluding hydrogens is 356 g/mol. The topological polar surface area (TPSA) is 67.4 Å². The van der Waals surface area contributed by atoms with Crippen molar-refractivity contribution in [2.45, 2.75) is 32.9 Å². The third-order valence-corrected chi connectivity index (χ3v) is 4.24. The molecule has 7 heteroatoms. The highest BCUT2D eigenvalue weighted by Crippen LogP contribution is 2.20. The lowest BCUT2D eigenvalue weighted by atomic mass is 10.1. The van der Waals surface area contributed by atoms with Crippen LogP contribution in [0.3, 0.4) is 0 Å². The van der Waals surface area contributed by atoms with Crippen molar-refractivity contribution in [2.24, 2.45) is 4.99 Å². The van der Waals surface area contributed by atoms with Gasteiger partial charge >= 0.3 is 0 Å². The summed E-state index contributed by atoms with van der Waals surface area (Å²) in [7, 11) is 7.59. The third-order valence-electron chi connectivity index (χ3n) is 4.24. The quantitative estimate of drug-likeness (QED) is 0.303. The Kier molecular flexibility index (Phi) is 12.3. The van der Waals surface area contributed by atoms with Crippen LogP contribution in [0.1, 0.15) is 24.5 Å². The van der Waals surface area contributed by atoms with Crippen molar-refractivity contribution in [1.82, 2.24) is 15.5 Å². The maximum atomic E-state index is 5.86. The zero-order valence-corrected chi connectivity index (χ0v) is 18.4. The van der Waals surface area contributed by atoms with Gasteiger partial charge < -0.3 is 29.7 Å². The Bertz CT molecular complexity index is 579. The van der Waals surface area contributed by atoms with Crippen molar-refractivity contribution in [3.8, 4) is 5.75 Å². The molecule has 0 saturated carbocycles. The minimum atomic E-state index is 0.151. The Morgan fingerprint density at radius 1 is 1.21 bits per heavy atom. The number of benzene rings is 1. The van der Waals surface area contributed by atoms with E-state index in [0.29, 0.717) is 32.9 Å². The van der Waals surface area contributed by atoms with Crippen LogP contribution in [0.4, 0.5) is 0 Å². The van der Waals surface area contributed by atoms with Crippen molar-refractivity contribution in [3.63, 3.8) is 0 Å². The molecule has 0 spiro atoms. The molecule has 0 heterocycles. The standard InChI is InChI=1S/C21H38N4O3/c1-7-27-19(10-11-25(4)5)16-24-21(22-3)23-15-18-9-8-17(2)14-20(18)28-13-12-26-6/h8-9,14,19H,7,10-13,15-16H2,1-6H3,(H2,22,23,24). The Balaban J connectivity index is 2.59. The van der Waals surface area contributed by atoms with Crippen LogP contribution in [0.25, 0.3) is 0 Å². The fourth-order valence-corrected chi connectivity index (χ4v) is 2.67. The highest BCUT2D eigenvalue weighted by Gasteiger charge is 2.11. The first-order valence-corrected chi connectivity index (χ1v) is 9.92. The molecule has 0 amide bonds. The number of methoxy groups -OCH3 is 1. The lowest BCUT2D eigenvalue weighted by Gasteiger charge is -2.21. The molecule has 0 fully saturated rings. The minimum Gasteiger partial charge on any atom is -0.491 e. The predicted molar refractivity (Wildman–Crippen MR) is 115 cm³/mol. The lowest BCUT2D eigenvalue weighted by molar-refractivity contribution is 0.0548. The highest BCUT2D eigenvalue weighted by atomic mass is 16.5. The molecule has 1 atom stereocenters. The Hall–Kier alpha value is -1.83. The van der Waals surface area contributed by atoms with Crippen LogP contribution >= 0.6 is 0 Å². The molecule has 0 bridgehead atoms. The number of aliphatic imine (C=N–C) groups is 1. The maximum absolute atomic E-state index is 5.86. The van der Waals surface area contributed by atoms with E-state index in [2.05, 4.69) is 59.7 Å². The normalized spacial score (nSPS) is 12.9. The van der Waals surface area contributed by atoms with Crippen molar-refractivity contribution in [2.75, 3.05) is 61.2 Å². The molecule has 0 saturated heterocycles. The summed E-state index contributed by atoms with van der Waals surface area (Å²) >= 11 is 0. The third kappa shape index (κ3) is 9.92. The molecule has 7 nitrogen and oxygen atoms in total. The highest BCUT2D eigenvalue weighted by molar-refractivity contribution is 5.79. The van der Waals surface area contributed by atoms with Gasteiger partial charge in [0.25, 0.3) is 0 Å². The summed E-state index contributed by atoms with van der Waals surface area (Å²) in [5.41, 5.74) is 2.25. The number of nitrogens with zero attached hydrogens (tertiary/aromatic N) is 2. The molecule has 0 aliphatic heterocycles. The van der Waals surface area contributed by atoms with Crippen molar-refractivity contribution in [3.05, 3.63) is 29.3 Å². The second kappa shape index (κ2) is 14.2. The number of hydrogen-bond donors (Lipinski definition) is 2. The zero-order chi connectivity index (χ0) is 20.8. The molecule has 1 aromatic rings. The molecular formula is C21H38N4O3. The Morgan fingerprint density at radius 3 is 2.64 bits per heavy atom. The van der Waals surface area contributed by atoms with Crippen LogP contribution < -0.4 is 15.4 Å². The first-order valence-electron chi connectivity index (χ1n) is 9.92. The minimum absolute atomic E-state index is 0.151. The van der Waals surface area contributed by atoms with Gasteiger partial charge in [-0.1, -0.05) is 12.1 Å². The molecule has 0 aromatic heterocycles. The molecule has 28 heavy (non-hydrogen) atoms. The van der Waals surface area contributed by atoms with Gasteiger partial charge in [-0.05, 0) is 46.0 Å². The van der Waals surface area contributed by atoms with E-state index in [1.165, 1.54) is 5.56 Å². The monoisotopic (exact) mass is 394 g/mol. The van der Waals surface area contributed by atoms with Crippen LogP contribution in [-0.2, 0) is 16.0 Å². The largest absolute Gasteiger partial charge is 0.491 e. The van der Waals surface area contributed by atoms with Crippen LogP contribution in [0.5, 0.6) is 5.75 Å². The van der Waals surface area contributed by atoms with E-state index >= 15 is 0 Å². The van der Waals surface area contributed by atoms with Gasteiger partial charge in [0.2, 0.25) is 0 Å². The second-order valence-corrected chi connectivity index (χ2v) is 6.93. The smallest absolute Gasteiger partial charge is 0.191 e. The number of nitrogens with one attached hydrogen (secondary N) is 2. The molecule has 160 valence electrons. The Morgan fingerprint density at radius 2 is 2.00 bits per heavy atom. The van der Waals surface area contributed by atoms with Crippen LogP contribution in [0.15, 0.2) is 23.2 Å². The molecule has 2 N–H and O–H groups in total. The van der Waals surface area contributed by atoms with Gasteiger partial charge in [-0.15, -0.1) is 0 Å². The van der Waals surface area contributed by atoms with E-state index in [4.69, 9.17) is 14.2 Å². The second-order valence-electron chi connectivity index (χ2n) is 6.93. The van der Waals surface area contributed by atoms with Gasteiger partial charge in [-0.2, -0.15) is 0 Å². The summed E-state index contributed by atoms with van der Waals surface area (Å²) in [5, 5.41) is 6.73. The van der Waals surface area contributed by atoms with Crippen molar-refractivity contribution < 1.29 is 14.2 Å². The summed E-state index contributed by atoms with van der Waals surface area (Å²) < 4.78 is 16.8. The van der Waals surface area contributed by atoms with E-state index in [-0.39, 0.29) is 6.10 Å². The first-order chi connectivity index (χ1) is 13.5. The van der Waals surface area contributed by atoms with E-state index in [1.54, 1.807) is 14.2 Å². The maximum Gasteiger partial charge on any atom is 0.191 e. The molecule has 0 radical (unpaired) electrons. The Labute approximate surface area is 170 Å². The van der Waals surface area contributed by atoms with Crippen LogP contribution in [0.2, 0.25) is 0 Å². The fourth-order valence-electron chi connectivity index (χ4n) is 2.67. The summed E-state index contributed by atoms with van der Waals surface area (Å²) in [6.07, 6.45) is 1.12. The van der Waals surface area contributed by atoms with Gasteiger partial charge in [0, 0.05) is 46.0 Å². The van der Waals surface area contributed by atoms with Gasteiger partial charge in [0.1, 0.15) is 12.4 Å². The van der Waals surface area contributed by atoms with Crippen LogP contribution in [0, 0.1) is 6.92 Å². The SMILES string of the molecule is CCOC(CCN(C)C)CNC(=NC)NCc1ccc(C)cc1OCCOC. The summed E-state index contributed by atoms with van der Waals surface area (Å²) in [5.74, 6) is 1.62. The number of rotatable bonds is 13. The molecule has 1 aromatic carbocycles.